The average Bonchev–Trinajstić information content (AvgIpc) is 1.88. The molecule has 0 aliphatic rings. The van der Waals surface area contributed by atoms with Gasteiger partial charge in [0.05, 0.1) is 0 Å². The minimum absolute atomic E-state index is 1.75. The lowest BCUT2D eigenvalue weighted by molar-refractivity contribution is 0.503. The van der Waals surface area contributed by atoms with Crippen LogP contribution in [-0.2, 0) is 11.8 Å². The molecule has 0 spiro atoms. The number of hydrogen-bond acceptors (Lipinski definition) is 2. The Kier molecular flexibility index (Phi) is 5.72. The predicted octanol–water partition coefficient (Wildman–Crippen LogP) is 1.21. The summed E-state index contributed by atoms with van der Waals surface area (Å²) in [5.41, 5.74) is -3.11. The van der Waals surface area contributed by atoms with E-state index in [1.165, 1.54) is 0 Å². The summed E-state index contributed by atoms with van der Waals surface area (Å²) in [5, 5.41) is 0. The third-order valence-corrected chi connectivity index (χ3v) is 0.566. The van der Waals surface area contributed by atoms with Gasteiger partial charge in [-0.1, -0.05) is 18.3 Å². The van der Waals surface area contributed by atoms with Gasteiger partial charge < -0.3 is 9.79 Å². The highest BCUT2D eigenvalue weighted by Crippen LogP contribution is 2.39. The molecule has 2 N–H and O–H groups in total. The molecular formula is C5H8NO2PS2. The van der Waals surface area contributed by atoms with E-state index in [1.807, 2.05) is 18.2 Å². The van der Waals surface area contributed by atoms with Crippen LogP contribution in [0.25, 0.3) is 0 Å². The van der Waals surface area contributed by atoms with Crippen molar-refractivity contribution in [2.24, 2.45) is 0 Å². The van der Waals surface area contributed by atoms with Crippen molar-refractivity contribution >= 4 is 29.7 Å². The molecule has 1 aromatic heterocycles. The lowest BCUT2D eigenvalue weighted by atomic mass is 10.5. The summed E-state index contributed by atoms with van der Waals surface area (Å²) >= 11 is 7.07. The lowest BCUT2D eigenvalue weighted by Crippen LogP contribution is -1.58. The fourth-order valence-electron chi connectivity index (χ4n) is 0.313. The fraction of sp³-hybridized carbons (Fsp3) is 0. The third kappa shape index (κ3) is 17.8. The van der Waals surface area contributed by atoms with Gasteiger partial charge in [0.15, 0.2) is 0 Å². The van der Waals surface area contributed by atoms with Crippen LogP contribution in [0.2, 0.25) is 0 Å². The Labute approximate surface area is 75.4 Å². The maximum atomic E-state index is 7.87. The zero-order chi connectivity index (χ0) is 8.74. The molecule has 1 heterocycles. The Bertz CT molecular complexity index is 190. The van der Waals surface area contributed by atoms with Gasteiger partial charge in [-0.15, -0.1) is 0 Å². The van der Waals surface area contributed by atoms with E-state index in [4.69, 9.17) is 9.79 Å². The first-order valence-corrected chi connectivity index (χ1v) is 6.49. The van der Waals surface area contributed by atoms with Gasteiger partial charge in [-0.25, -0.2) is 0 Å². The first-order chi connectivity index (χ1) is 5.00. The minimum Gasteiger partial charge on any atom is -0.338 e. The van der Waals surface area contributed by atoms with E-state index in [9.17, 15) is 0 Å². The summed E-state index contributed by atoms with van der Waals surface area (Å²) in [7, 11) is 0. The Morgan fingerprint density at radius 3 is 1.64 bits per heavy atom. The van der Waals surface area contributed by atoms with Crippen LogP contribution in [0.3, 0.4) is 0 Å². The lowest BCUT2D eigenvalue weighted by Gasteiger charge is -1.88. The third-order valence-electron chi connectivity index (χ3n) is 0.566. The van der Waals surface area contributed by atoms with Crippen LogP contribution in [0, 0.1) is 0 Å². The second kappa shape index (κ2) is 5.69. The Morgan fingerprint density at radius 1 is 1.18 bits per heavy atom. The van der Waals surface area contributed by atoms with Gasteiger partial charge in [0.2, 0.25) is 5.69 Å². The van der Waals surface area contributed by atoms with Crippen LogP contribution in [0.5, 0.6) is 0 Å². The first-order valence-electron chi connectivity index (χ1n) is 2.63. The quantitative estimate of drug-likeness (QED) is 0.444. The molecule has 11 heavy (non-hydrogen) atoms. The smallest absolute Gasteiger partial charge is 0.239 e. The van der Waals surface area contributed by atoms with Crippen molar-refractivity contribution in [1.29, 1.82) is 0 Å². The molecule has 0 aliphatic carbocycles. The Balaban J connectivity index is 0.000000187. The molecule has 0 atom stereocenters. The molecule has 0 fully saturated rings. The van der Waals surface area contributed by atoms with Crippen LogP contribution in [0.15, 0.2) is 30.6 Å². The molecular weight excluding hydrogens is 201 g/mol. The highest BCUT2D eigenvalue weighted by molar-refractivity contribution is 8.59. The van der Waals surface area contributed by atoms with E-state index in [0.29, 0.717) is 0 Å². The monoisotopic (exact) mass is 209 g/mol. The van der Waals surface area contributed by atoms with Crippen molar-refractivity contribution in [1.82, 2.24) is 4.98 Å². The van der Waals surface area contributed by atoms with Gasteiger partial charge in [-0.2, -0.15) is 0 Å². The molecule has 0 radical (unpaired) electrons. The van der Waals surface area contributed by atoms with Crippen molar-refractivity contribution in [2.45, 2.75) is 0 Å². The van der Waals surface area contributed by atoms with Crippen LogP contribution >= 0.6 is 17.9 Å². The molecule has 3 nitrogen and oxygen atoms in total. The van der Waals surface area contributed by atoms with E-state index >= 15 is 0 Å². The summed E-state index contributed by atoms with van der Waals surface area (Å²) < 4.78 is 0. The zero-order valence-corrected chi connectivity index (χ0v) is 8.14. The molecule has 1 aromatic rings. The van der Waals surface area contributed by atoms with Gasteiger partial charge >= 0.3 is 0 Å². The SMILES string of the molecule is OP(O)(=S)S.c1ccncc1. The highest BCUT2D eigenvalue weighted by Gasteiger charge is 1.90. The standard InChI is InChI=1S/C5H5N.H3O2PS2/c1-2-4-6-5-3-1;1-3(2,4)5/h1-5H;(H3,1,2,4,5). The van der Waals surface area contributed by atoms with Gasteiger partial charge in [-0.05, 0) is 23.9 Å². The van der Waals surface area contributed by atoms with E-state index in [-0.39, 0.29) is 0 Å². The van der Waals surface area contributed by atoms with E-state index in [2.05, 4.69) is 29.0 Å². The van der Waals surface area contributed by atoms with Crippen molar-refractivity contribution in [3.05, 3.63) is 30.6 Å². The highest BCUT2D eigenvalue weighted by atomic mass is 32.9. The molecule has 0 saturated heterocycles. The largest absolute Gasteiger partial charge is 0.338 e. The van der Waals surface area contributed by atoms with Crippen LogP contribution in [0.1, 0.15) is 0 Å². The summed E-state index contributed by atoms with van der Waals surface area (Å²) in [5.74, 6) is 0. The van der Waals surface area contributed by atoms with E-state index in [0.717, 1.165) is 0 Å². The summed E-state index contributed by atoms with van der Waals surface area (Å²) in [4.78, 5) is 19.5. The number of pyridine rings is 1. The number of thiol groups is 1. The van der Waals surface area contributed by atoms with E-state index < -0.39 is 5.69 Å². The maximum absolute atomic E-state index is 7.87. The molecule has 0 saturated carbocycles. The molecule has 0 bridgehead atoms. The van der Waals surface area contributed by atoms with Gasteiger partial charge in [0.25, 0.3) is 0 Å². The molecule has 1 rings (SSSR count). The van der Waals surface area contributed by atoms with Crippen LogP contribution in [-0.4, -0.2) is 14.8 Å². The van der Waals surface area contributed by atoms with Crippen LogP contribution < -0.4 is 0 Å². The summed E-state index contributed by atoms with van der Waals surface area (Å²) in [6.45, 7) is 0. The van der Waals surface area contributed by atoms with Gasteiger partial charge in [0.1, 0.15) is 0 Å². The summed E-state index contributed by atoms with van der Waals surface area (Å²) in [6.07, 6.45) is 3.50. The average molecular weight is 209 g/mol. The first kappa shape index (κ1) is 11.1. The molecule has 62 valence electrons. The zero-order valence-electron chi connectivity index (χ0n) is 5.53. The molecule has 0 unspecified atom stereocenters. The van der Waals surface area contributed by atoms with Crippen molar-refractivity contribution < 1.29 is 9.79 Å². The van der Waals surface area contributed by atoms with Crippen molar-refractivity contribution in [2.75, 3.05) is 0 Å². The van der Waals surface area contributed by atoms with Crippen molar-refractivity contribution in [3.63, 3.8) is 0 Å². The number of hydrogen-bond donors (Lipinski definition) is 3. The minimum atomic E-state index is -3.11. The normalized spacial score (nSPS) is 9.73. The van der Waals surface area contributed by atoms with Crippen LogP contribution in [0.4, 0.5) is 0 Å². The van der Waals surface area contributed by atoms with Gasteiger partial charge in [-0.3, -0.25) is 4.98 Å². The maximum Gasteiger partial charge on any atom is 0.239 e. The molecule has 0 amide bonds. The molecule has 0 aromatic carbocycles. The predicted molar refractivity (Wildman–Crippen MR) is 51.9 cm³/mol. The second-order valence-electron chi connectivity index (χ2n) is 1.54. The molecule has 0 aliphatic heterocycles. The Morgan fingerprint density at radius 2 is 1.55 bits per heavy atom. The number of nitrogens with zero attached hydrogens (tertiary/aromatic N) is 1. The van der Waals surface area contributed by atoms with E-state index in [1.54, 1.807) is 12.4 Å². The fourth-order valence-corrected chi connectivity index (χ4v) is 0.313. The Hall–Kier alpha value is 0.0700. The molecule has 6 heteroatoms. The summed E-state index contributed by atoms with van der Waals surface area (Å²) in [6, 6.07) is 5.72. The van der Waals surface area contributed by atoms with Crippen molar-refractivity contribution in [3.8, 4) is 0 Å². The van der Waals surface area contributed by atoms with Gasteiger partial charge in [0, 0.05) is 12.4 Å². The second-order valence-corrected chi connectivity index (χ2v) is 6.58. The number of rotatable bonds is 0. The topological polar surface area (TPSA) is 53.4 Å². The number of aromatic nitrogens is 1.